The quantitative estimate of drug-likeness (QED) is 0.455. The van der Waals surface area contributed by atoms with Gasteiger partial charge in [-0.1, -0.05) is 60.7 Å². The SMILES string of the molecule is O=C1NC(=S)NC(=O)C12[C@@H](c1ccccc1)NC(=S)N[C@@H]2c1ccccc1. The standard InChI is InChI=1S/C19H16N4O2S2/c24-15-19(16(25)23-18(27)22-15)13(11-7-3-1-4-8-11)20-17(26)21-14(19)12-9-5-2-6-10-12/h1-10,13-14H,(H2,20,21,26)(H2,22,23,24,25,27)/t13-,14-/m1/s1. The number of carbonyl (C=O) groups is 2. The first-order valence-corrected chi connectivity index (χ1v) is 9.19. The molecule has 0 aliphatic carbocycles. The maximum Gasteiger partial charge on any atom is 0.246 e. The maximum absolute atomic E-state index is 13.3. The summed E-state index contributed by atoms with van der Waals surface area (Å²) >= 11 is 10.4. The van der Waals surface area contributed by atoms with Crippen LogP contribution in [0.3, 0.4) is 0 Å². The molecule has 8 heteroatoms. The van der Waals surface area contributed by atoms with Crippen molar-refractivity contribution in [1.29, 1.82) is 0 Å². The molecule has 2 amide bonds. The molecule has 2 aromatic rings. The molecule has 2 heterocycles. The Labute approximate surface area is 166 Å². The molecule has 2 aliphatic heterocycles. The second kappa shape index (κ2) is 6.71. The zero-order valence-electron chi connectivity index (χ0n) is 14.1. The summed E-state index contributed by atoms with van der Waals surface area (Å²) in [6, 6.07) is 17.3. The highest BCUT2D eigenvalue weighted by atomic mass is 32.1. The van der Waals surface area contributed by atoms with Gasteiger partial charge >= 0.3 is 0 Å². The molecule has 1 spiro atoms. The zero-order chi connectivity index (χ0) is 19.0. The van der Waals surface area contributed by atoms with Crippen molar-refractivity contribution in [3.8, 4) is 0 Å². The minimum atomic E-state index is -1.52. The monoisotopic (exact) mass is 396 g/mol. The summed E-state index contributed by atoms with van der Waals surface area (Å²) in [5, 5.41) is 11.9. The predicted octanol–water partition coefficient (Wildman–Crippen LogP) is 1.46. The summed E-state index contributed by atoms with van der Waals surface area (Å²) in [5.41, 5.74) is 0.0358. The van der Waals surface area contributed by atoms with Crippen LogP contribution in [0.2, 0.25) is 0 Å². The van der Waals surface area contributed by atoms with Gasteiger partial charge in [0.1, 0.15) is 0 Å². The number of thiocarbonyl (C=S) groups is 2. The van der Waals surface area contributed by atoms with Crippen molar-refractivity contribution in [2.75, 3.05) is 0 Å². The molecule has 0 saturated carbocycles. The van der Waals surface area contributed by atoms with E-state index in [1.54, 1.807) is 0 Å². The van der Waals surface area contributed by atoms with Crippen LogP contribution < -0.4 is 21.3 Å². The van der Waals surface area contributed by atoms with Crippen LogP contribution >= 0.6 is 24.4 Å². The van der Waals surface area contributed by atoms with Crippen molar-refractivity contribution in [1.82, 2.24) is 21.3 Å². The second-order valence-corrected chi connectivity index (χ2v) is 7.23. The number of hydrogen-bond donors (Lipinski definition) is 4. The average molecular weight is 396 g/mol. The lowest BCUT2D eigenvalue weighted by atomic mass is 9.66. The Kier molecular flexibility index (Phi) is 4.37. The van der Waals surface area contributed by atoms with Crippen LogP contribution in [0, 0.1) is 5.41 Å². The minimum Gasteiger partial charge on any atom is -0.354 e. The summed E-state index contributed by atoms with van der Waals surface area (Å²) in [5.74, 6) is -0.942. The third kappa shape index (κ3) is 2.77. The number of rotatable bonds is 2. The van der Waals surface area contributed by atoms with Crippen molar-refractivity contribution in [2.24, 2.45) is 5.41 Å². The topological polar surface area (TPSA) is 82.3 Å². The molecule has 2 fully saturated rings. The van der Waals surface area contributed by atoms with Crippen molar-refractivity contribution >= 4 is 46.5 Å². The van der Waals surface area contributed by atoms with Crippen molar-refractivity contribution < 1.29 is 9.59 Å². The number of nitrogens with one attached hydrogen (secondary N) is 4. The average Bonchev–Trinajstić information content (AvgIpc) is 2.67. The van der Waals surface area contributed by atoms with E-state index in [9.17, 15) is 9.59 Å². The molecular formula is C19H16N4O2S2. The van der Waals surface area contributed by atoms with E-state index in [0.29, 0.717) is 5.11 Å². The Hall–Kier alpha value is -2.84. The Balaban J connectivity index is 1.95. The van der Waals surface area contributed by atoms with E-state index < -0.39 is 29.3 Å². The molecule has 6 nitrogen and oxygen atoms in total. The predicted molar refractivity (Wildman–Crippen MR) is 109 cm³/mol. The molecule has 0 bridgehead atoms. The Morgan fingerprint density at radius 3 is 1.48 bits per heavy atom. The molecule has 4 N–H and O–H groups in total. The maximum atomic E-state index is 13.3. The summed E-state index contributed by atoms with van der Waals surface area (Å²) in [4.78, 5) is 26.6. The third-order valence-electron chi connectivity index (χ3n) is 4.93. The van der Waals surface area contributed by atoms with Crippen LogP contribution in [0.25, 0.3) is 0 Å². The normalized spacial score (nSPS) is 23.9. The van der Waals surface area contributed by atoms with Crippen molar-refractivity contribution in [3.05, 3.63) is 71.8 Å². The van der Waals surface area contributed by atoms with Crippen LogP contribution in [0.15, 0.2) is 60.7 Å². The summed E-state index contributed by atoms with van der Waals surface area (Å²) in [6.07, 6.45) is 0. The second-order valence-electron chi connectivity index (χ2n) is 6.41. The van der Waals surface area contributed by atoms with E-state index in [1.165, 1.54) is 0 Å². The van der Waals surface area contributed by atoms with E-state index in [1.807, 2.05) is 60.7 Å². The molecule has 2 saturated heterocycles. The van der Waals surface area contributed by atoms with E-state index in [-0.39, 0.29) is 5.11 Å². The molecule has 136 valence electrons. The van der Waals surface area contributed by atoms with Gasteiger partial charge in [-0.05, 0) is 35.6 Å². The lowest BCUT2D eigenvalue weighted by Crippen LogP contribution is -2.73. The fourth-order valence-electron chi connectivity index (χ4n) is 3.75. The van der Waals surface area contributed by atoms with Crippen molar-refractivity contribution in [3.63, 3.8) is 0 Å². The van der Waals surface area contributed by atoms with Gasteiger partial charge in [-0.3, -0.25) is 9.59 Å². The van der Waals surface area contributed by atoms with E-state index in [2.05, 4.69) is 21.3 Å². The van der Waals surface area contributed by atoms with E-state index >= 15 is 0 Å². The molecule has 0 aromatic heterocycles. The number of hydrogen-bond acceptors (Lipinski definition) is 4. The van der Waals surface area contributed by atoms with Gasteiger partial charge in [-0.15, -0.1) is 0 Å². The summed E-state index contributed by atoms with van der Waals surface area (Å²) in [7, 11) is 0. The first-order valence-electron chi connectivity index (χ1n) is 8.37. The van der Waals surface area contributed by atoms with Gasteiger partial charge in [0.15, 0.2) is 15.6 Å². The smallest absolute Gasteiger partial charge is 0.246 e. The van der Waals surface area contributed by atoms with Gasteiger partial charge in [-0.2, -0.15) is 0 Å². The van der Waals surface area contributed by atoms with Gasteiger partial charge in [0.2, 0.25) is 11.8 Å². The molecule has 4 rings (SSSR count). The first kappa shape index (κ1) is 17.6. The largest absolute Gasteiger partial charge is 0.354 e. The number of benzene rings is 2. The fourth-order valence-corrected chi connectivity index (χ4v) is 4.17. The summed E-state index contributed by atoms with van der Waals surface area (Å²) < 4.78 is 0. The van der Waals surface area contributed by atoms with Crippen LogP contribution in [-0.2, 0) is 9.59 Å². The number of amides is 2. The van der Waals surface area contributed by atoms with Crippen LogP contribution in [0.4, 0.5) is 0 Å². The minimum absolute atomic E-state index is 0.00222. The lowest BCUT2D eigenvalue weighted by Gasteiger charge is -2.50. The Morgan fingerprint density at radius 2 is 1.07 bits per heavy atom. The molecule has 27 heavy (non-hydrogen) atoms. The molecule has 0 unspecified atom stereocenters. The highest BCUT2D eigenvalue weighted by molar-refractivity contribution is 7.80. The molecule has 0 radical (unpaired) electrons. The van der Waals surface area contributed by atoms with E-state index in [0.717, 1.165) is 11.1 Å². The van der Waals surface area contributed by atoms with Crippen molar-refractivity contribution in [2.45, 2.75) is 12.1 Å². The molecular weight excluding hydrogens is 380 g/mol. The zero-order valence-corrected chi connectivity index (χ0v) is 15.7. The Bertz CT molecular complexity index is 860. The van der Waals surface area contributed by atoms with Gasteiger partial charge in [0, 0.05) is 0 Å². The number of carbonyl (C=O) groups excluding carboxylic acids is 2. The van der Waals surface area contributed by atoms with Gasteiger partial charge in [-0.25, -0.2) is 0 Å². The lowest BCUT2D eigenvalue weighted by molar-refractivity contribution is -0.149. The van der Waals surface area contributed by atoms with E-state index in [4.69, 9.17) is 24.4 Å². The van der Waals surface area contributed by atoms with Crippen LogP contribution in [-0.4, -0.2) is 22.0 Å². The highest BCUT2D eigenvalue weighted by Gasteiger charge is 2.63. The van der Waals surface area contributed by atoms with Crippen LogP contribution in [0.5, 0.6) is 0 Å². The summed E-state index contributed by atoms with van der Waals surface area (Å²) in [6.45, 7) is 0. The highest BCUT2D eigenvalue weighted by Crippen LogP contribution is 2.48. The van der Waals surface area contributed by atoms with Gasteiger partial charge in [0.25, 0.3) is 0 Å². The first-order chi connectivity index (χ1) is 13.0. The fraction of sp³-hybridized carbons (Fsp3) is 0.158. The van der Waals surface area contributed by atoms with Crippen LogP contribution in [0.1, 0.15) is 23.2 Å². The molecule has 2 atom stereocenters. The van der Waals surface area contributed by atoms with Gasteiger partial charge in [0.05, 0.1) is 12.1 Å². The molecule has 2 aliphatic rings. The third-order valence-corrected chi connectivity index (χ3v) is 5.37. The Morgan fingerprint density at radius 1 is 0.667 bits per heavy atom. The van der Waals surface area contributed by atoms with Gasteiger partial charge < -0.3 is 21.3 Å². The molecule has 2 aromatic carbocycles.